The molecule has 1 N–H and O–H groups in total. The number of aliphatic hydroxyl groups excluding tert-OH is 1. The van der Waals surface area contributed by atoms with E-state index < -0.39 is 0 Å². The first kappa shape index (κ1) is 14.0. The molecule has 0 radical (unpaired) electrons. The SMILES string of the molecule is OCCCCCCCCCCCCC1CC1. The summed E-state index contributed by atoms with van der Waals surface area (Å²) in [5.74, 6) is 1.13. The Hall–Kier alpha value is -0.0400. The molecule has 1 aliphatic carbocycles. The summed E-state index contributed by atoms with van der Waals surface area (Å²) in [4.78, 5) is 0. The highest BCUT2D eigenvalue weighted by Gasteiger charge is 2.19. The zero-order valence-corrected chi connectivity index (χ0v) is 10.9. The van der Waals surface area contributed by atoms with E-state index in [9.17, 15) is 0 Å². The second-order valence-corrected chi connectivity index (χ2v) is 5.49. The maximum atomic E-state index is 8.63. The highest BCUT2D eigenvalue weighted by atomic mass is 16.2. The fourth-order valence-corrected chi connectivity index (χ4v) is 2.37. The predicted molar refractivity (Wildman–Crippen MR) is 70.6 cm³/mol. The van der Waals surface area contributed by atoms with Crippen LogP contribution < -0.4 is 0 Å². The minimum atomic E-state index is 0.376. The molecule has 0 spiro atoms. The van der Waals surface area contributed by atoms with Crippen LogP contribution in [-0.2, 0) is 0 Å². The monoisotopic (exact) mass is 226 g/mol. The van der Waals surface area contributed by atoms with Crippen molar-refractivity contribution in [2.75, 3.05) is 6.61 Å². The molecule has 0 atom stereocenters. The largest absolute Gasteiger partial charge is 0.396 e. The molecule has 0 aromatic heterocycles. The Kier molecular flexibility index (Phi) is 8.88. The van der Waals surface area contributed by atoms with E-state index in [1.165, 1.54) is 77.0 Å². The molecular weight excluding hydrogens is 196 g/mol. The highest BCUT2D eigenvalue weighted by Crippen LogP contribution is 2.34. The van der Waals surface area contributed by atoms with Crippen LogP contribution in [0, 0.1) is 5.92 Å². The van der Waals surface area contributed by atoms with Gasteiger partial charge in [0.15, 0.2) is 0 Å². The molecule has 96 valence electrons. The number of aliphatic hydroxyl groups is 1. The molecule has 1 rings (SSSR count). The summed E-state index contributed by atoms with van der Waals surface area (Å²) in [5.41, 5.74) is 0. The van der Waals surface area contributed by atoms with Crippen molar-refractivity contribution >= 4 is 0 Å². The number of hydrogen-bond acceptors (Lipinski definition) is 1. The molecule has 0 amide bonds. The quantitative estimate of drug-likeness (QED) is 0.479. The molecule has 0 unspecified atom stereocenters. The maximum Gasteiger partial charge on any atom is 0.0431 e. The van der Waals surface area contributed by atoms with Crippen molar-refractivity contribution in [2.45, 2.75) is 83.5 Å². The summed E-state index contributed by atoms with van der Waals surface area (Å²) >= 11 is 0. The lowest BCUT2D eigenvalue weighted by atomic mass is 10.0. The van der Waals surface area contributed by atoms with Crippen LogP contribution in [0.15, 0.2) is 0 Å². The van der Waals surface area contributed by atoms with E-state index in [4.69, 9.17) is 5.11 Å². The lowest BCUT2D eigenvalue weighted by molar-refractivity contribution is 0.282. The summed E-state index contributed by atoms with van der Waals surface area (Å²) in [6, 6.07) is 0. The van der Waals surface area contributed by atoms with Gasteiger partial charge >= 0.3 is 0 Å². The van der Waals surface area contributed by atoms with Gasteiger partial charge in [0.25, 0.3) is 0 Å². The van der Waals surface area contributed by atoms with E-state index in [1.54, 1.807) is 0 Å². The molecule has 1 saturated carbocycles. The zero-order chi connectivity index (χ0) is 11.5. The van der Waals surface area contributed by atoms with Crippen molar-refractivity contribution in [2.24, 2.45) is 5.92 Å². The first-order valence-corrected chi connectivity index (χ1v) is 7.54. The molecule has 0 heterocycles. The second-order valence-electron chi connectivity index (χ2n) is 5.49. The van der Waals surface area contributed by atoms with Crippen molar-refractivity contribution in [3.8, 4) is 0 Å². The molecular formula is C15H30O. The number of rotatable bonds is 12. The predicted octanol–water partition coefficient (Wildman–Crippen LogP) is 4.68. The van der Waals surface area contributed by atoms with Crippen molar-refractivity contribution in [1.29, 1.82) is 0 Å². The van der Waals surface area contributed by atoms with E-state index in [0.29, 0.717) is 6.61 Å². The van der Waals surface area contributed by atoms with Gasteiger partial charge in [0.2, 0.25) is 0 Å². The summed E-state index contributed by atoms with van der Waals surface area (Å²) in [5, 5.41) is 8.63. The van der Waals surface area contributed by atoms with Gasteiger partial charge in [-0.2, -0.15) is 0 Å². The average Bonchev–Trinajstić information content (AvgIpc) is 3.10. The van der Waals surface area contributed by atoms with Gasteiger partial charge < -0.3 is 5.11 Å². The molecule has 0 aliphatic heterocycles. The molecule has 1 fully saturated rings. The second kappa shape index (κ2) is 10.1. The van der Waals surface area contributed by atoms with Crippen molar-refractivity contribution in [1.82, 2.24) is 0 Å². The van der Waals surface area contributed by atoms with Crippen LogP contribution in [0.5, 0.6) is 0 Å². The zero-order valence-electron chi connectivity index (χ0n) is 10.9. The van der Waals surface area contributed by atoms with E-state index in [1.807, 2.05) is 0 Å². The molecule has 1 aliphatic rings. The Labute approximate surface area is 102 Å². The van der Waals surface area contributed by atoms with Gasteiger partial charge in [-0.25, -0.2) is 0 Å². The third-order valence-electron chi connectivity index (χ3n) is 3.72. The van der Waals surface area contributed by atoms with Gasteiger partial charge in [-0.3, -0.25) is 0 Å². The standard InChI is InChI=1S/C15H30O/c16-14-10-8-6-4-2-1-3-5-7-9-11-15-12-13-15/h15-16H,1-14H2. The summed E-state index contributed by atoms with van der Waals surface area (Å²) in [6.07, 6.45) is 18.2. The molecule has 0 aromatic rings. The van der Waals surface area contributed by atoms with Crippen LogP contribution in [0.1, 0.15) is 83.5 Å². The topological polar surface area (TPSA) is 20.2 Å². The van der Waals surface area contributed by atoms with Gasteiger partial charge in [-0.05, 0) is 12.3 Å². The van der Waals surface area contributed by atoms with Crippen molar-refractivity contribution < 1.29 is 5.11 Å². The highest BCUT2D eigenvalue weighted by molar-refractivity contribution is 4.72. The average molecular weight is 226 g/mol. The molecule has 0 saturated heterocycles. The molecule has 1 nitrogen and oxygen atoms in total. The summed E-state index contributed by atoms with van der Waals surface area (Å²) in [7, 11) is 0. The van der Waals surface area contributed by atoms with Gasteiger partial charge in [-0.15, -0.1) is 0 Å². The van der Waals surface area contributed by atoms with E-state index in [0.717, 1.165) is 12.3 Å². The Morgan fingerprint density at radius 3 is 1.50 bits per heavy atom. The van der Waals surface area contributed by atoms with Crippen LogP contribution in [-0.4, -0.2) is 11.7 Å². The minimum absolute atomic E-state index is 0.376. The van der Waals surface area contributed by atoms with E-state index >= 15 is 0 Å². The van der Waals surface area contributed by atoms with Crippen LogP contribution >= 0.6 is 0 Å². The Morgan fingerprint density at radius 2 is 1.06 bits per heavy atom. The fraction of sp³-hybridized carbons (Fsp3) is 1.00. The summed E-state index contributed by atoms with van der Waals surface area (Å²) in [6.45, 7) is 0.376. The lowest BCUT2D eigenvalue weighted by Crippen LogP contribution is -1.85. The normalized spacial score (nSPS) is 15.6. The minimum Gasteiger partial charge on any atom is -0.396 e. The van der Waals surface area contributed by atoms with Crippen molar-refractivity contribution in [3.63, 3.8) is 0 Å². The van der Waals surface area contributed by atoms with Gasteiger partial charge in [0.1, 0.15) is 0 Å². The number of hydrogen-bond donors (Lipinski definition) is 1. The van der Waals surface area contributed by atoms with Crippen LogP contribution in [0.25, 0.3) is 0 Å². The molecule has 1 heteroatoms. The van der Waals surface area contributed by atoms with Gasteiger partial charge in [-0.1, -0.05) is 77.0 Å². The van der Waals surface area contributed by atoms with Crippen LogP contribution in [0.4, 0.5) is 0 Å². The Bertz CT molecular complexity index is 140. The third-order valence-corrected chi connectivity index (χ3v) is 3.72. The lowest BCUT2D eigenvalue weighted by Gasteiger charge is -2.02. The number of unbranched alkanes of at least 4 members (excludes halogenated alkanes) is 9. The van der Waals surface area contributed by atoms with E-state index in [-0.39, 0.29) is 0 Å². The maximum absolute atomic E-state index is 8.63. The Morgan fingerprint density at radius 1 is 0.625 bits per heavy atom. The van der Waals surface area contributed by atoms with Crippen LogP contribution in [0.3, 0.4) is 0 Å². The first-order valence-electron chi connectivity index (χ1n) is 7.54. The van der Waals surface area contributed by atoms with Crippen molar-refractivity contribution in [3.05, 3.63) is 0 Å². The molecule has 0 aromatic carbocycles. The van der Waals surface area contributed by atoms with Crippen LogP contribution in [0.2, 0.25) is 0 Å². The summed E-state index contributed by atoms with van der Waals surface area (Å²) < 4.78 is 0. The smallest absolute Gasteiger partial charge is 0.0431 e. The molecule has 16 heavy (non-hydrogen) atoms. The molecule has 0 bridgehead atoms. The van der Waals surface area contributed by atoms with Gasteiger partial charge in [0.05, 0.1) is 0 Å². The first-order chi connectivity index (χ1) is 7.93. The van der Waals surface area contributed by atoms with E-state index in [2.05, 4.69) is 0 Å². The Balaban J connectivity index is 1.61. The third kappa shape index (κ3) is 9.21. The van der Waals surface area contributed by atoms with Gasteiger partial charge in [0, 0.05) is 6.61 Å². The fourth-order valence-electron chi connectivity index (χ4n) is 2.37.